The van der Waals surface area contributed by atoms with Crippen molar-refractivity contribution < 1.29 is 27.4 Å². The summed E-state index contributed by atoms with van der Waals surface area (Å²) >= 11 is 0. The summed E-state index contributed by atoms with van der Waals surface area (Å²) in [6.07, 6.45) is -2.31. The first kappa shape index (κ1) is 22.9. The number of hydrogen-bond acceptors (Lipinski definition) is 7. The highest BCUT2D eigenvalue weighted by Crippen LogP contribution is 2.31. The maximum atomic E-state index is 13.4. The fourth-order valence-electron chi connectivity index (χ4n) is 3.75. The molecule has 0 fully saturated rings. The van der Waals surface area contributed by atoms with Gasteiger partial charge in [0.15, 0.2) is 5.65 Å². The van der Waals surface area contributed by atoms with Crippen molar-refractivity contribution in [2.24, 2.45) is 0 Å². The third-order valence-corrected chi connectivity index (χ3v) is 5.52. The lowest BCUT2D eigenvalue weighted by Gasteiger charge is -2.29. The number of carbonyl (C=O) groups excluding carboxylic acids is 1. The van der Waals surface area contributed by atoms with E-state index in [0.29, 0.717) is 41.3 Å². The number of halogens is 3. The first-order valence-corrected chi connectivity index (χ1v) is 10.2. The summed E-state index contributed by atoms with van der Waals surface area (Å²) in [6.45, 7) is 2.71. The van der Waals surface area contributed by atoms with E-state index in [1.165, 1.54) is 24.3 Å². The molecular formula is C22H22F3N5O3. The van der Waals surface area contributed by atoms with Crippen molar-refractivity contribution in [3.8, 4) is 0 Å². The van der Waals surface area contributed by atoms with Crippen LogP contribution in [0.4, 0.5) is 19.0 Å². The number of carbonyl (C=O) groups is 1. The predicted octanol–water partition coefficient (Wildman–Crippen LogP) is 3.33. The van der Waals surface area contributed by atoms with Crippen molar-refractivity contribution in [3.05, 3.63) is 58.5 Å². The van der Waals surface area contributed by atoms with Gasteiger partial charge in [0.1, 0.15) is 5.82 Å². The van der Waals surface area contributed by atoms with E-state index in [1.807, 2.05) is 0 Å². The number of hydrogen-bond donors (Lipinski definition) is 1. The molecule has 1 aliphatic rings. The minimum Gasteiger partial charge on any atom is -0.383 e. The number of anilines is 1. The first-order chi connectivity index (χ1) is 15.7. The lowest BCUT2D eigenvalue weighted by atomic mass is 10.1. The van der Waals surface area contributed by atoms with Gasteiger partial charge < -0.3 is 20.1 Å². The Labute approximate surface area is 187 Å². The molecule has 0 aromatic carbocycles. The highest BCUT2D eigenvalue weighted by atomic mass is 19.4. The van der Waals surface area contributed by atoms with Crippen molar-refractivity contribution in [1.29, 1.82) is 0 Å². The van der Waals surface area contributed by atoms with Gasteiger partial charge in [-0.3, -0.25) is 9.78 Å². The molecule has 1 amide bonds. The maximum absolute atomic E-state index is 13.4. The lowest BCUT2D eigenvalue weighted by Crippen LogP contribution is -2.40. The number of alkyl halides is 3. The fourth-order valence-corrected chi connectivity index (χ4v) is 3.75. The number of nitrogen functional groups attached to an aromatic ring is 1. The SMILES string of the molecule is COCC(C)N(Cc1ccc(C(F)(F)F)cn1)C(=O)c1cnc2nc(N)c3c(c2c1)COC3. The van der Waals surface area contributed by atoms with Gasteiger partial charge >= 0.3 is 6.18 Å². The molecule has 0 bridgehead atoms. The van der Waals surface area contributed by atoms with E-state index in [2.05, 4.69) is 15.0 Å². The Morgan fingerprint density at radius 2 is 2.00 bits per heavy atom. The van der Waals surface area contributed by atoms with Crippen LogP contribution in [0.1, 0.15) is 39.7 Å². The van der Waals surface area contributed by atoms with Gasteiger partial charge in [0.2, 0.25) is 0 Å². The van der Waals surface area contributed by atoms with E-state index in [-0.39, 0.29) is 25.1 Å². The van der Waals surface area contributed by atoms with Crippen LogP contribution in [0.2, 0.25) is 0 Å². The first-order valence-electron chi connectivity index (χ1n) is 10.2. The van der Waals surface area contributed by atoms with Crippen molar-refractivity contribution in [3.63, 3.8) is 0 Å². The van der Waals surface area contributed by atoms with Crippen LogP contribution >= 0.6 is 0 Å². The van der Waals surface area contributed by atoms with Gasteiger partial charge in [-0.2, -0.15) is 13.2 Å². The molecule has 0 radical (unpaired) electrons. The quantitative estimate of drug-likeness (QED) is 0.601. The van der Waals surface area contributed by atoms with Crippen LogP contribution in [0.15, 0.2) is 30.6 Å². The van der Waals surface area contributed by atoms with Crippen LogP contribution in [0.25, 0.3) is 11.0 Å². The number of ether oxygens (including phenoxy) is 2. The highest BCUT2D eigenvalue weighted by molar-refractivity contribution is 5.98. The molecule has 1 aliphatic heterocycles. The van der Waals surface area contributed by atoms with Gasteiger partial charge in [0, 0.05) is 30.5 Å². The molecule has 3 aromatic rings. The van der Waals surface area contributed by atoms with Crippen LogP contribution < -0.4 is 5.73 Å². The summed E-state index contributed by atoms with van der Waals surface area (Å²) in [7, 11) is 1.51. The number of nitrogens with two attached hydrogens (primary N) is 1. The largest absolute Gasteiger partial charge is 0.417 e. The number of rotatable bonds is 6. The number of methoxy groups -OCH3 is 1. The molecule has 0 spiro atoms. The molecule has 33 heavy (non-hydrogen) atoms. The number of nitrogens with zero attached hydrogens (tertiary/aromatic N) is 4. The highest BCUT2D eigenvalue weighted by Gasteiger charge is 2.31. The maximum Gasteiger partial charge on any atom is 0.417 e. The van der Waals surface area contributed by atoms with E-state index < -0.39 is 11.7 Å². The van der Waals surface area contributed by atoms with Gasteiger partial charge in [-0.05, 0) is 30.7 Å². The van der Waals surface area contributed by atoms with Gasteiger partial charge in [0.25, 0.3) is 5.91 Å². The Bertz CT molecular complexity index is 1180. The second kappa shape index (κ2) is 8.91. The van der Waals surface area contributed by atoms with E-state index >= 15 is 0 Å². The zero-order chi connectivity index (χ0) is 23.8. The Balaban J connectivity index is 1.67. The summed E-state index contributed by atoms with van der Waals surface area (Å²) in [6, 6.07) is 3.53. The van der Waals surface area contributed by atoms with Crippen LogP contribution in [0, 0.1) is 0 Å². The average molecular weight is 461 g/mol. The molecule has 0 saturated carbocycles. The van der Waals surface area contributed by atoms with Crippen LogP contribution in [0.3, 0.4) is 0 Å². The second-order valence-corrected chi connectivity index (χ2v) is 7.82. The molecule has 8 nitrogen and oxygen atoms in total. The molecule has 4 heterocycles. The summed E-state index contributed by atoms with van der Waals surface area (Å²) < 4.78 is 49.3. The molecule has 1 unspecified atom stereocenters. The zero-order valence-electron chi connectivity index (χ0n) is 18.0. The molecule has 0 saturated heterocycles. The normalized spacial score (nSPS) is 14.3. The minimum absolute atomic E-state index is 0.000734. The van der Waals surface area contributed by atoms with Crippen molar-refractivity contribution in [2.45, 2.75) is 38.9 Å². The topological polar surface area (TPSA) is 103 Å². The Kier molecular flexibility index (Phi) is 6.17. The Morgan fingerprint density at radius 1 is 1.24 bits per heavy atom. The number of amides is 1. The summed E-state index contributed by atoms with van der Waals surface area (Å²) in [5, 5.41) is 0.676. The Morgan fingerprint density at radius 3 is 2.67 bits per heavy atom. The average Bonchev–Trinajstić information content (AvgIpc) is 3.28. The summed E-state index contributed by atoms with van der Waals surface area (Å²) in [5.74, 6) is -0.00886. The molecular weight excluding hydrogens is 439 g/mol. The Hall–Kier alpha value is -3.31. The molecule has 1 atom stereocenters. The van der Waals surface area contributed by atoms with E-state index in [4.69, 9.17) is 15.2 Å². The molecule has 0 aliphatic carbocycles. The van der Waals surface area contributed by atoms with E-state index in [0.717, 1.165) is 23.4 Å². The molecule has 11 heteroatoms. The third-order valence-electron chi connectivity index (χ3n) is 5.52. The number of pyridine rings is 3. The molecule has 2 N–H and O–H groups in total. The van der Waals surface area contributed by atoms with Crippen molar-refractivity contribution in [2.75, 3.05) is 19.5 Å². The van der Waals surface area contributed by atoms with Crippen LogP contribution in [0.5, 0.6) is 0 Å². The van der Waals surface area contributed by atoms with Crippen LogP contribution in [-0.4, -0.2) is 45.5 Å². The minimum atomic E-state index is -4.48. The smallest absolute Gasteiger partial charge is 0.383 e. The van der Waals surface area contributed by atoms with Crippen molar-refractivity contribution in [1.82, 2.24) is 19.9 Å². The van der Waals surface area contributed by atoms with Gasteiger partial charge in [-0.15, -0.1) is 0 Å². The standard InChI is InChI=1S/C22H22F3N5O3/c1-12(9-32-2)30(8-15-4-3-14(7-27-15)22(23,24)25)21(31)13-5-16-17-10-33-11-18(17)19(26)29-20(16)28-6-13/h3-7,12H,8-11H2,1-2H3,(H2,26,28,29). The monoisotopic (exact) mass is 461 g/mol. The summed E-state index contributed by atoms with van der Waals surface area (Å²) in [4.78, 5) is 27.4. The summed E-state index contributed by atoms with van der Waals surface area (Å²) in [5.41, 5.74) is 7.80. The zero-order valence-corrected chi connectivity index (χ0v) is 18.0. The van der Waals surface area contributed by atoms with E-state index in [1.54, 1.807) is 13.0 Å². The molecule has 3 aromatic heterocycles. The third kappa shape index (κ3) is 4.60. The molecule has 174 valence electrons. The van der Waals surface area contributed by atoms with Gasteiger partial charge in [-0.1, -0.05) is 0 Å². The van der Waals surface area contributed by atoms with Gasteiger partial charge in [0.05, 0.1) is 49.2 Å². The van der Waals surface area contributed by atoms with Crippen molar-refractivity contribution >= 4 is 22.8 Å². The molecule has 4 rings (SSSR count). The fraction of sp³-hybridized carbons (Fsp3) is 0.364. The number of fused-ring (bicyclic) bond motifs is 3. The van der Waals surface area contributed by atoms with Crippen LogP contribution in [-0.2, 0) is 35.4 Å². The second-order valence-electron chi connectivity index (χ2n) is 7.82. The predicted molar refractivity (Wildman–Crippen MR) is 113 cm³/mol. The number of aromatic nitrogens is 3. The lowest BCUT2D eigenvalue weighted by molar-refractivity contribution is -0.137. The van der Waals surface area contributed by atoms with E-state index in [9.17, 15) is 18.0 Å². The van der Waals surface area contributed by atoms with Gasteiger partial charge in [-0.25, -0.2) is 9.97 Å².